The van der Waals surface area contributed by atoms with Crippen LogP contribution in [0.1, 0.15) is 37.5 Å². The summed E-state index contributed by atoms with van der Waals surface area (Å²) in [4.78, 5) is 13.4. The zero-order valence-corrected chi connectivity index (χ0v) is 16.0. The fourth-order valence-electron chi connectivity index (χ4n) is 2.51. The largest absolute Gasteiger partial charge is 0.351 e. The van der Waals surface area contributed by atoms with Gasteiger partial charge in [0.1, 0.15) is 0 Å². The number of benzene rings is 2. The number of hydrogen-bond donors (Lipinski definition) is 1. The number of carbonyl (C=O) groups is 1. The molecule has 1 amide bonds. The molecule has 0 aromatic heterocycles. The third kappa shape index (κ3) is 5.29. The smallest absolute Gasteiger partial charge is 0.233 e. The van der Waals surface area contributed by atoms with Gasteiger partial charge >= 0.3 is 0 Å². The van der Waals surface area contributed by atoms with Gasteiger partial charge in [-0.2, -0.15) is 0 Å². The number of aryl methyl sites for hydroxylation is 2. The van der Waals surface area contributed by atoms with Crippen molar-refractivity contribution in [2.24, 2.45) is 0 Å². The van der Waals surface area contributed by atoms with Crippen molar-refractivity contribution >= 4 is 29.3 Å². The Morgan fingerprint density at radius 2 is 1.79 bits per heavy atom. The van der Waals surface area contributed by atoms with E-state index in [0.29, 0.717) is 11.6 Å². The van der Waals surface area contributed by atoms with E-state index in [1.54, 1.807) is 11.8 Å². The van der Waals surface area contributed by atoms with Crippen molar-refractivity contribution in [3.63, 3.8) is 0 Å². The zero-order valence-electron chi connectivity index (χ0n) is 14.4. The molecule has 0 fully saturated rings. The molecule has 0 bridgehead atoms. The van der Waals surface area contributed by atoms with Crippen LogP contribution >= 0.6 is 23.4 Å². The van der Waals surface area contributed by atoms with Crippen LogP contribution in [0.25, 0.3) is 0 Å². The van der Waals surface area contributed by atoms with Crippen LogP contribution in [0.5, 0.6) is 0 Å². The van der Waals surface area contributed by atoms with Crippen molar-refractivity contribution in [3.05, 3.63) is 64.2 Å². The Morgan fingerprint density at radius 3 is 2.42 bits per heavy atom. The Hall–Kier alpha value is -1.45. The summed E-state index contributed by atoms with van der Waals surface area (Å²) in [5.41, 5.74) is 3.82. The fourth-order valence-corrected chi connectivity index (χ4v) is 3.52. The molecule has 1 atom stereocenters. The second-order valence-corrected chi connectivity index (χ2v) is 7.59. The first-order valence-electron chi connectivity index (χ1n) is 8.34. The molecule has 0 aliphatic carbocycles. The first kappa shape index (κ1) is 18.9. The van der Waals surface area contributed by atoms with Crippen LogP contribution in [-0.2, 0) is 24.2 Å². The molecule has 2 nitrogen and oxygen atoms in total. The van der Waals surface area contributed by atoms with E-state index < -0.39 is 0 Å². The van der Waals surface area contributed by atoms with E-state index in [4.69, 9.17) is 11.6 Å². The molecule has 0 unspecified atom stereocenters. The molecule has 2 aromatic rings. The average molecular weight is 362 g/mol. The van der Waals surface area contributed by atoms with Gasteiger partial charge in [0.2, 0.25) is 5.91 Å². The lowest BCUT2D eigenvalue weighted by Crippen LogP contribution is -2.30. The second kappa shape index (κ2) is 9.14. The summed E-state index contributed by atoms with van der Waals surface area (Å²) >= 11 is 7.44. The number of halogens is 1. The summed E-state index contributed by atoms with van der Waals surface area (Å²) in [7, 11) is 0. The maximum absolute atomic E-state index is 12.4. The lowest BCUT2D eigenvalue weighted by atomic mass is 10.0. The van der Waals surface area contributed by atoms with Crippen LogP contribution in [0.3, 0.4) is 0 Å². The predicted octanol–water partition coefficient (Wildman–Crippen LogP) is 5.26. The van der Waals surface area contributed by atoms with E-state index in [-0.39, 0.29) is 11.2 Å². The Balaban J connectivity index is 1.95. The lowest BCUT2D eigenvalue weighted by molar-refractivity contribution is -0.120. The summed E-state index contributed by atoms with van der Waals surface area (Å²) in [6.45, 7) is 6.80. The first-order valence-corrected chi connectivity index (χ1v) is 9.59. The fraction of sp³-hybridized carbons (Fsp3) is 0.350. The minimum Gasteiger partial charge on any atom is -0.351 e. The SMILES string of the molecule is CCc1ccc(CC)c(CNC(=O)[C@@H](C)Sc2ccc(Cl)cc2)c1. The summed E-state index contributed by atoms with van der Waals surface area (Å²) in [6, 6.07) is 14.1. The van der Waals surface area contributed by atoms with Crippen LogP contribution < -0.4 is 5.32 Å². The van der Waals surface area contributed by atoms with Crippen molar-refractivity contribution in [1.82, 2.24) is 5.32 Å². The van der Waals surface area contributed by atoms with E-state index in [1.165, 1.54) is 16.7 Å². The molecule has 0 saturated heterocycles. The van der Waals surface area contributed by atoms with Crippen LogP contribution in [0.15, 0.2) is 47.4 Å². The highest BCUT2D eigenvalue weighted by Crippen LogP contribution is 2.25. The second-order valence-electron chi connectivity index (χ2n) is 5.74. The lowest BCUT2D eigenvalue weighted by Gasteiger charge is -2.14. The minimum absolute atomic E-state index is 0.0545. The molecular formula is C20H24ClNOS. The van der Waals surface area contributed by atoms with E-state index >= 15 is 0 Å². The van der Waals surface area contributed by atoms with E-state index in [9.17, 15) is 4.79 Å². The summed E-state index contributed by atoms with van der Waals surface area (Å²) in [6.07, 6.45) is 1.98. The molecule has 4 heteroatoms. The zero-order chi connectivity index (χ0) is 17.5. The topological polar surface area (TPSA) is 29.1 Å². The molecule has 0 radical (unpaired) electrons. The van der Waals surface area contributed by atoms with Crippen molar-refractivity contribution in [3.8, 4) is 0 Å². The molecule has 24 heavy (non-hydrogen) atoms. The summed E-state index contributed by atoms with van der Waals surface area (Å²) < 4.78 is 0. The maximum atomic E-state index is 12.4. The van der Waals surface area contributed by atoms with Gasteiger partial charge in [0.25, 0.3) is 0 Å². The van der Waals surface area contributed by atoms with Crippen LogP contribution in [-0.4, -0.2) is 11.2 Å². The molecule has 0 heterocycles. The molecule has 0 spiro atoms. The van der Waals surface area contributed by atoms with Gasteiger partial charge in [-0.15, -0.1) is 11.8 Å². The number of amides is 1. The van der Waals surface area contributed by atoms with Gasteiger partial charge in [0.15, 0.2) is 0 Å². The Kier molecular flexibility index (Phi) is 7.19. The normalized spacial score (nSPS) is 12.0. The quantitative estimate of drug-likeness (QED) is 0.681. The predicted molar refractivity (Wildman–Crippen MR) is 104 cm³/mol. The van der Waals surface area contributed by atoms with Crippen molar-refractivity contribution in [2.45, 2.75) is 50.3 Å². The molecular weight excluding hydrogens is 338 g/mol. The molecule has 0 aliphatic rings. The molecule has 2 rings (SSSR count). The highest BCUT2D eigenvalue weighted by atomic mass is 35.5. The number of rotatable bonds is 7. The number of hydrogen-bond acceptors (Lipinski definition) is 2. The van der Waals surface area contributed by atoms with Crippen LogP contribution in [0.4, 0.5) is 0 Å². The molecule has 2 aromatic carbocycles. The van der Waals surface area contributed by atoms with Crippen molar-refractivity contribution in [2.75, 3.05) is 0 Å². The van der Waals surface area contributed by atoms with Gasteiger partial charge in [-0.05, 0) is 60.7 Å². The Bertz CT molecular complexity index is 685. The molecule has 0 saturated carbocycles. The monoisotopic (exact) mass is 361 g/mol. The van der Waals surface area contributed by atoms with Crippen molar-refractivity contribution < 1.29 is 4.79 Å². The summed E-state index contributed by atoms with van der Waals surface area (Å²) in [5.74, 6) is 0.0545. The number of carbonyl (C=O) groups excluding carboxylic acids is 1. The number of nitrogens with one attached hydrogen (secondary N) is 1. The average Bonchev–Trinajstić information content (AvgIpc) is 2.61. The number of thioether (sulfide) groups is 1. The maximum Gasteiger partial charge on any atom is 0.233 e. The first-order chi connectivity index (χ1) is 11.5. The third-order valence-electron chi connectivity index (χ3n) is 4.01. The Morgan fingerprint density at radius 1 is 1.08 bits per heavy atom. The standard InChI is InChI=1S/C20H24ClNOS/c1-4-15-6-7-16(5-2)17(12-15)13-22-20(23)14(3)24-19-10-8-18(21)9-11-19/h6-12,14H,4-5,13H2,1-3H3,(H,22,23)/t14-/m1/s1. The Labute approximate surface area is 154 Å². The molecule has 128 valence electrons. The highest BCUT2D eigenvalue weighted by molar-refractivity contribution is 8.00. The summed E-state index contributed by atoms with van der Waals surface area (Å²) in [5, 5.41) is 3.63. The molecule has 1 N–H and O–H groups in total. The van der Waals surface area contributed by atoms with Gasteiger partial charge in [-0.25, -0.2) is 0 Å². The van der Waals surface area contributed by atoms with Crippen molar-refractivity contribution in [1.29, 1.82) is 0 Å². The third-order valence-corrected chi connectivity index (χ3v) is 5.37. The van der Waals surface area contributed by atoms with E-state index in [2.05, 4.69) is 37.4 Å². The van der Waals surface area contributed by atoms with Crippen LogP contribution in [0.2, 0.25) is 5.02 Å². The molecule has 0 aliphatic heterocycles. The van der Waals surface area contributed by atoms with Gasteiger partial charge in [-0.3, -0.25) is 4.79 Å². The van der Waals surface area contributed by atoms with Crippen LogP contribution in [0, 0.1) is 0 Å². The minimum atomic E-state index is -0.148. The highest BCUT2D eigenvalue weighted by Gasteiger charge is 2.14. The van der Waals surface area contributed by atoms with Gasteiger partial charge in [-0.1, -0.05) is 43.6 Å². The van der Waals surface area contributed by atoms with Gasteiger partial charge in [0, 0.05) is 16.5 Å². The van der Waals surface area contributed by atoms with E-state index in [0.717, 1.165) is 17.7 Å². The van der Waals surface area contributed by atoms with E-state index in [1.807, 2.05) is 31.2 Å². The van der Waals surface area contributed by atoms with Gasteiger partial charge < -0.3 is 5.32 Å². The van der Waals surface area contributed by atoms with Gasteiger partial charge in [0.05, 0.1) is 5.25 Å².